The number of nitrogens with zero attached hydrogens (tertiary/aromatic N) is 3. The lowest BCUT2D eigenvalue weighted by Gasteiger charge is -2.13. The quantitative estimate of drug-likeness (QED) is 0.160. The van der Waals surface area contributed by atoms with Crippen LogP contribution in [0.2, 0.25) is 0 Å². The number of imidazole rings is 1. The Morgan fingerprint density at radius 1 is 1.18 bits per heavy atom. The van der Waals surface area contributed by atoms with E-state index in [-0.39, 0.29) is 5.75 Å². The maximum absolute atomic E-state index is 13.3. The first kappa shape index (κ1) is 24.6. The molecule has 3 aromatic rings. The molecule has 0 aliphatic carbocycles. The monoisotopic (exact) mass is 480 g/mol. The maximum Gasteiger partial charge on any atom is 0.418 e. The van der Waals surface area contributed by atoms with Crippen molar-refractivity contribution in [3.63, 3.8) is 0 Å². The fraction of sp³-hybridized carbons (Fsp3) is 0.364. The molecular weight excluding hydrogens is 457 g/mol. The first-order chi connectivity index (χ1) is 15.7. The molecule has 0 radical (unpaired) electrons. The van der Waals surface area contributed by atoms with E-state index in [4.69, 9.17) is 0 Å². The number of carbonyl (C=O) groups is 1. The van der Waals surface area contributed by atoms with Crippen molar-refractivity contribution in [3.8, 4) is 0 Å². The van der Waals surface area contributed by atoms with Crippen LogP contribution in [0.5, 0.6) is 0 Å². The second kappa shape index (κ2) is 10.7. The standard InChI is InChI=1S/C22H23F3N4O3S/c1-2-3-4-7-12-28-19-9-6-5-8-18(19)27-21(28)33-14-20(30)26-17-11-10-15(29(31)32)13-16(17)22(23,24)25/h5-6,8-11,13H,2-4,7,12,14H2,1H3,(H,26,30). The number of hydrogen-bond donors (Lipinski definition) is 1. The SMILES string of the molecule is CCCCCCn1c(SCC(=O)Nc2ccc([N+](=O)[O-])cc2C(F)(F)F)nc2ccccc21. The minimum atomic E-state index is -4.85. The van der Waals surface area contributed by atoms with Crippen molar-refractivity contribution >= 4 is 40.1 Å². The molecule has 11 heteroatoms. The van der Waals surface area contributed by atoms with Gasteiger partial charge in [0.2, 0.25) is 5.91 Å². The molecule has 0 fully saturated rings. The summed E-state index contributed by atoms with van der Waals surface area (Å²) < 4.78 is 42.1. The first-order valence-corrected chi connectivity index (χ1v) is 11.4. The minimum absolute atomic E-state index is 0.160. The number of non-ortho nitro benzene ring substituents is 1. The highest BCUT2D eigenvalue weighted by Gasteiger charge is 2.35. The van der Waals surface area contributed by atoms with Gasteiger partial charge in [-0.3, -0.25) is 14.9 Å². The number of carbonyl (C=O) groups excluding carboxylic acids is 1. The van der Waals surface area contributed by atoms with Gasteiger partial charge in [0.05, 0.1) is 33.0 Å². The summed E-state index contributed by atoms with van der Waals surface area (Å²) in [5.41, 5.74) is -0.770. The van der Waals surface area contributed by atoms with Crippen LogP contribution in [0, 0.1) is 10.1 Å². The number of rotatable bonds is 10. The Bertz CT molecular complexity index is 1150. The molecular formula is C22H23F3N4O3S. The Morgan fingerprint density at radius 2 is 1.94 bits per heavy atom. The number of aromatic nitrogens is 2. The molecule has 0 aliphatic heterocycles. The number of benzene rings is 2. The molecule has 1 aromatic heterocycles. The summed E-state index contributed by atoms with van der Waals surface area (Å²) >= 11 is 1.14. The molecule has 0 unspecified atom stereocenters. The fourth-order valence-electron chi connectivity index (χ4n) is 3.38. The predicted molar refractivity (Wildman–Crippen MR) is 121 cm³/mol. The van der Waals surface area contributed by atoms with Gasteiger partial charge >= 0.3 is 6.18 Å². The summed E-state index contributed by atoms with van der Waals surface area (Å²) in [6.07, 6.45) is -0.614. The van der Waals surface area contributed by atoms with E-state index in [1.54, 1.807) is 0 Å². The van der Waals surface area contributed by atoms with E-state index in [0.717, 1.165) is 67.2 Å². The second-order valence-corrected chi connectivity index (χ2v) is 8.36. The summed E-state index contributed by atoms with van der Waals surface area (Å²) in [6.45, 7) is 2.85. The Hall–Kier alpha value is -3.08. The van der Waals surface area contributed by atoms with Crippen LogP contribution in [0.25, 0.3) is 11.0 Å². The fourth-order valence-corrected chi connectivity index (χ4v) is 4.22. The van der Waals surface area contributed by atoms with E-state index in [1.165, 1.54) is 0 Å². The molecule has 33 heavy (non-hydrogen) atoms. The zero-order chi connectivity index (χ0) is 24.0. The topological polar surface area (TPSA) is 90.1 Å². The van der Waals surface area contributed by atoms with Gasteiger partial charge in [-0.1, -0.05) is 50.1 Å². The molecule has 1 N–H and O–H groups in total. The number of nitro benzene ring substituents is 1. The lowest BCUT2D eigenvalue weighted by atomic mass is 10.1. The van der Waals surface area contributed by atoms with Crippen molar-refractivity contribution < 1.29 is 22.9 Å². The Morgan fingerprint density at radius 3 is 2.64 bits per heavy atom. The smallest absolute Gasteiger partial charge is 0.325 e. The van der Waals surface area contributed by atoms with Crippen LogP contribution in [0.15, 0.2) is 47.6 Å². The molecule has 0 atom stereocenters. The number of nitrogens with one attached hydrogen (secondary N) is 1. The van der Waals surface area contributed by atoms with Crippen LogP contribution in [0.1, 0.15) is 38.2 Å². The van der Waals surface area contributed by atoms with Gasteiger partial charge < -0.3 is 9.88 Å². The number of halogens is 3. The number of anilines is 1. The first-order valence-electron chi connectivity index (χ1n) is 10.4. The highest BCUT2D eigenvalue weighted by atomic mass is 32.2. The van der Waals surface area contributed by atoms with Crippen LogP contribution in [0.4, 0.5) is 24.5 Å². The third-order valence-corrected chi connectivity index (χ3v) is 5.96. The molecule has 0 saturated carbocycles. The number of aryl methyl sites for hydroxylation is 1. The molecule has 0 saturated heterocycles. The van der Waals surface area contributed by atoms with Gasteiger partial charge in [-0.2, -0.15) is 13.2 Å². The van der Waals surface area contributed by atoms with E-state index in [0.29, 0.717) is 11.2 Å². The largest absolute Gasteiger partial charge is 0.418 e. The minimum Gasteiger partial charge on any atom is -0.325 e. The van der Waals surface area contributed by atoms with Gasteiger partial charge in [0, 0.05) is 18.7 Å². The number of para-hydroxylation sites is 2. The van der Waals surface area contributed by atoms with E-state index in [9.17, 15) is 28.1 Å². The number of amides is 1. The van der Waals surface area contributed by atoms with E-state index in [1.807, 2.05) is 28.8 Å². The van der Waals surface area contributed by atoms with Crippen LogP contribution in [-0.4, -0.2) is 26.1 Å². The molecule has 1 amide bonds. The van der Waals surface area contributed by atoms with Crippen molar-refractivity contribution in [2.75, 3.05) is 11.1 Å². The highest BCUT2D eigenvalue weighted by molar-refractivity contribution is 7.99. The lowest BCUT2D eigenvalue weighted by Crippen LogP contribution is -2.18. The Labute approximate surface area is 192 Å². The van der Waals surface area contributed by atoms with E-state index >= 15 is 0 Å². The summed E-state index contributed by atoms with van der Waals surface area (Å²) in [6, 6.07) is 9.82. The summed E-state index contributed by atoms with van der Waals surface area (Å²) in [4.78, 5) is 26.9. The number of unbranched alkanes of at least 4 members (excludes halogenated alkanes) is 3. The summed E-state index contributed by atoms with van der Waals surface area (Å²) in [7, 11) is 0. The van der Waals surface area contributed by atoms with Gasteiger partial charge in [-0.05, 0) is 24.6 Å². The second-order valence-electron chi connectivity index (χ2n) is 7.42. The van der Waals surface area contributed by atoms with Crippen LogP contribution in [-0.2, 0) is 17.5 Å². The van der Waals surface area contributed by atoms with Crippen molar-refractivity contribution in [3.05, 3.63) is 58.1 Å². The van der Waals surface area contributed by atoms with Crippen molar-refractivity contribution in [1.29, 1.82) is 0 Å². The number of nitro groups is 1. The van der Waals surface area contributed by atoms with Crippen LogP contribution >= 0.6 is 11.8 Å². The molecule has 0 aliphatic rings. The predicted octanol–water partition coefficient (Wildman–Crippen LogP) is 6.27. The molecule has 1 heterocycles. The van der Waals surface area contributed by atoms with Crippen molar-refractivity contribution in [1.82, 2.24) is 9.55 Å². The van der Waals surface area contributed by atoms with E-state index in [2.05, 4.69) is 17.2 Å². The van der Waals surface area contributed by atoms with Gasteiger partial charge in [0.1, 0.15) is 0 Å². The average Bonchev–Trinajstić information content (AvgIpc) is 3.12. The molecule has 176 valence electrons. The average molecular weight is 481 g/mol. The molecule has 3 rings (SSSR count). The van der Waals surface area contributed by atoms with Crippen LogP contribution in [0.3, 0.4) is 0 Å². The normalized spacial score (nSPS) is 11.6. The zero-order valence-corrected chi connectivity index (χ0v) is 18.7. The molecule has 0 spiro atoms. The Kier molecular flexibility index (Phi) is 7.96. The summed E-state index contributed by atoms with van der Waals surface area (Å²) in [5.74, 6) is -0.823. The Balaban J connectivity index is 1.74. The number of fused-ring (bicyclic) bond motifs is 1. The number of hydrogen-bond acceptors (Lipinski definition) is 5. The van der Waals surface area contributed by atoms with Crippen molar-refractivity contribution in [2.24, 2.45) is 0 Å². The zero-order valence-electron chi connectivity index (χ0n) is 17.9. The summed E-state index contributed by atoms with van der Waals surface area (Å²) in [5, 5.41) is 13.7. The van der Waals surface area contributed by atoms with Crippen molar-refractivity contribution in [2.45, 2.75) is 50.5 Å². The molecule has 0 bridgehead atoms. The van der Waals surface area contributed by atoms with Gasteiger partial charge in [0.25, 0.3) is 5.69 Å². The molecule has 7 nitrogen and oxygen atoms in total. The maximum atomic E-state index is 13.3. The number of alkyl halides is 3. The van der Waals surface area contributed by atoms with Gasteiger partial charge in [-0.15, -0.1) is 0 Å². The lowest BCUT2D eigenvalue weighted by molar-refractivity contribution is -0.385. The third kappa shape index (κ3) is 6.25. The van der Waals surface area contributed by atoms with Crippen LogP contribution < -0.4 is 5.32 Å². The molecule has 2 aromatic carbocycles. The highest BCUT2D eigenvalue weighted by Crippen LogP contribution is 2.37. The number of thioether (sulfide) groups is 1. The third-order valence-electron chi connectivity index (χ3n) is 4.98. The van der Waals surface area contributed by atoms with Gasteiger partial charge in [-0.25, -0.2) is 4.98 Å². The van der Waals surface area contributed by atoms with E-state index < -0.39 is 33.9 Å². The van der Waals surface area contributed by atoms with Gasteiger partial charge in [0.15, 0.2) is 5.16 Å².